The topological polar surface area (TPSA) is 37.2 Å². The standard InChI is InChI=1S/C17H23N5/c1-2-5-17(6-3-1)7-4-8-20-9-11-21(12-10-20)13-14-22-16-18-15-19-22/h1-7,15-16H,8-14H2/b7-4+. The molecule has 5 nitrogen and oxygen atoms in total. The molecule has 1 saturated heterocycles. The molecule has 1 aliphatic heterocycles. The first kappa shape index (κ1) is 14.9. The lowest BCUT2D eigenvalue weighted by atomic mass is 10.2. The van der Waals surface area contributed by atoms with Crippen LogP contribution in [-0.4, -0.2) is 63.8 Å². The lowest BCUT2D eigenvalue weighted by Crippen LogP contribution is -2.47. The van der Waals surface area contributed by atoms with Crippen LogP contribution in [0.5, 0.6) is 0 Å². The van der Waals surface area contributed by atoms with Gasteiger partial charge < -0.3 is 0 Å². The van der Waals surface area contributed by atoms with Gasteiger partial charge in [0.1, 0.15) is 12.7 Å². The predicted molar refractivity (Wildman–Crippen MR) is 88.4 cm³/mol. The minimum Gasteiger partial charge on any atom is -0.299 e. The minimum absolute atomic E-state index is 0.925. The molecule has 22 heavy (non-hydrogen) atoms. The largest absolute Gasteiger partial charge is 0.299 e. The first-order chi connectivity index (χ1) is 10.9. The Hall–Kier alpha value is -1.98. The van der Waals surface area contributed by atoms with E-state index in [2.05, 4.69) is 62.4 Å². The molecule has 0 unspecified atom stereocenters. The van der Waals surface area contributed by atoms with E-state index in [0.29, 0.717) is 0 Å². The number of piperazine rings is 1. The molecule has 1 aromatic carbocycles. The molecule has 116 valence electrons. The molecule has 2 heterocycles. The van der Waals surface area contributed by atoms with Crippen LogP contribution in [0.25, 0.3) is 6.08 Å². The molecule has 5 heteroatoms. The van der Waals surface area contributed by atoms with Gasteiger partial charge in [0.15, 0.2) is 0 Å². The van der Waals surface area contributed by atoms with Crippen molar-refractivity contribution in [2.75, 3.05) is 39.3 Å². The molecule has 1 aliphatic rings. The summed E-state index contributed by atoms with van der Waals surface area (Å²) in [5, 5.41) is 4.14. The lowest BCUT2D eigenvalue weighted by Gasteiger charge is -2.34. The van der Waals surface area contributed by atoms with Gasteiger partial charge in [0.2, 0.25) is 0 Å². The third kappa shape index (κ3) is 4.51. The molecule has 1 aromatic heterocycles. The van der Waals surface area contributed by atoms with Gasteiger partial charge in [-0.3, -0.25) is 14.5 Å². The molecule has 0 spiro atoms. The molecule has 0 saturated carbocycles. The summed E-state index contributed by atoms with van der Waals surface area (Å²) in [6, 6.07) is 10.5. The van der Waals surface area contributed by atoms with E-state index < -0.39 is 0 Å². The van der Waals surface area contributed by atoms with Gasteiger partial charge in [-0.25, -0.2) is 4.98 Å². The Bertz CT molecular complexity index is 556. The van der Waals surface area contributed by atoms with E-state index in [0.717, 1.165) is 45.8 Å². The first-order valence-corrected chi connectivity index (χ1v) is 7.89. The Morgan fingerprint density at radius 2 is 1.73 bits per heavy atom. The van der Waals surface area contributed by atoms with Crippen molar-refractivity contribution in [3.05, 3.63) is 54.6 Å². The average Bonchev–Trinajstić information content (AvgIpc) is 3.09. The third-order valence-electron chi connectivity index (χ3n) is 4.05. The maximum absolute atomic E-state index is 4.14. The van der Waals surface area contributed by atoms with E-state index in [-0.39, 0.29) is 0 Å². The number of benzene rings is 1. The molecule has 0 radical (unpaired) electrons. The Morgan fingerprint density at radius 3 is 2.45 bits per heavy atom. The van der Waals surface area contributed by atoms with Crippen LogP contribution in [0.15, 0.2) is 49.1 Å². The monoisotopic (exact) mass is 297 g/mol. The van der Waals surface area contributed by atoms with E-state index >= 15 is 0 Å². The fourth-order valence-electron chi connectivity index (χ4n) is 2.69. The maximum atomic E-state index is 4.14. The summed E-state index contributed by atoms with van der Waals surface area (Å²) >= 11 is 0. The first-order valence-electron chi connectivity index (χ1n) is 7.89. The van der Waals surface area contributed by atoms with Crippen molar-refractivity contribution in [1.29, 1.82) is 0 Å². The average molecular weight is 297 g/mol. The molecule has 0 atom stereocenters. The van der Waals surface area contributed by atoms with Crippen molar-refractivity contribution >= 4 is 6.08 Å². The Kier molecular flexibility index (Phi) is 5.34. The predicted octanol–water partition coefficient (Wildman–Crippen LogP) is 1.61. The van der Waals surface area contributed by atoms with Crippen molar-refractivity contribution in [2.24, 2.45) is 0 Å². The van der Waals surface area contributed by atoms with Gasteiger partial charge in [-0.2, -0.15) is 5.10 Å². The van der Waals surface area contributed by atoms with Crippen LogP contribution in [0.1, 0.15) is 5.56 Å². The molecule has 2 aromatic rings. The lowest BCUT2D eigenvalue weighted by molar-refractivity contribution is 0.138. The van der Waals surface area contributed by atoms with E-state index in [1.807, 2.05) is 4.68 Å². The quantitative estimate of drug-likeness (QED) is 0.812. The highest BCUT2D eigenvalue weighted by Crippen LogP contribution is 2.04. The second-order valence-electron chi connectivity index (χ2n) is 5.61. The maximum Gasteiger partial charge on any atom is 0.137 e. The van der Waals surface area contributed by atoms with Crippen molar-refractivity contribution < 1.29 is 0 Å². The van der Waals surface area contributed by atoms with Crippen LogP contribution in [0, 0.1) is 0 Å². The SMILES string of the molecule is C(=C\c1ccccc1)/CN1CCN(CCn2cncn2)CC1. The number of rotatable bonds is 6. The van der Waals surface area contributed by atoms with Crippen LogP contribution in [0.3, 0.4) is 0 Å². The van der Waals surface area contributed by atoms with Gasteiger partial charge in [-0.05, 0) is 5.56 Å². The molecule has 0 bridgehead atoms. The zero-order valence-electron chi connectivity index (χ0n) is 12.9. The van der Waals surface area contributed by atoms with E-state index in [1.165, 1.54) is 5.56 Å². The molecule has 0 N–H and O–H groups in total. The summed E-state index contributed by atoms with van der Waals surface area (Å²) in [6.45, 7) is 7.55. The Balaban J connectivity index is 1.36. The van der Waals surface area contributed by atoms with Crippen LogP contribution in [-0.2, 0) is 6.54 Å². The number of aromatic nitrogens is 3. The fraction of sp³-hybridized carbons (Fsp3) is 0.412. The fourth-order valence-corrected chi connectivity index (χ4v) is 2.69. The van der Waals surface area contributed by atoms with Crippen molar-refractivity contribution in [1.82, 2.24) is 24.6 Å². The highest BCUT2D eigenvalue weighted by molar-refractivity contribution is 5.48. The summed E-state index contributed by atoms with van der Waals surface area (Å²) < 4.78 is 1.90. The summed E-state index contributed by atoms with van der Waals surface area (Å²) in [6.07, 6.45) is 7.85. The summed E-state index contributed by atoms with van der Waals surface area (Å²) in [4.78, 5) is 8.98. The molecule has 3 rings (SSSR count). The van der Waals surface area contributed by atoms with Crippen molar-refractivity contribution in [2.45, 2.75) is 6.54 Å². The zero-order valence-corrected chi connectivity index (χ0v) is 12.9. The van der Waals surface area contributed by atoms with E-state index in [1.54, 1.807) is 12.7 Å². The third-order valence-corrected chi connectivity index (χ3v) is 4.05. The van der Waals surface area contributed by atoms with E-state index in [9.17, 15) is 0 Å². The number of nitrogens with zero attached hydrogens (tertiary/aromatic N) is 5. The van der Waals surface area contributed by atoms with Gasteiger partial charge in [0.25, 0.3) is 0 Å². The Labute approximate surface area is 131 Å². The molecule has 0 amide bonds. The highest BCUT2D eigenvalue weighted by Gasteiger charge is 2.15. The van der Waals surface area contributed by atoms with Gasteiger partial charge in [0.05, 0.1) is 6.54 Å². The van der Waals surface area contributed by atoms with Gasteiger partial charge in [0, 0.05) is 39.3 Å². The summed E-state index contributed by atoms with van der Waals surface area (Å²) in [7, 11) is 0. The van der Waals surface area contributed by atoms with Gasteiger partial charge >= 0.3 is 0 Å². The van der Waals surface area contributed by atoms with Crippen LogP contribution >= 0.6 is 0 Å². The van der Waals surface area contributed by atoms with E-state index in [4.69, 9.17) is 0 Å². The Morgan fingerprint density at radius 1 is 0.955 bits per heavy atom. The van der Waals surface area contributed by atoms with Crippen molar-refractivity contribution in [3.8, 4) is 0 Å². The summed E-state index contributed by atoms with van der Waals surface area (Å²) in [5.41, 5.74) is 1.27. The normalized spacial score (nSPS) is 17.3. The van der Waals surface area contributed by atoms with Crippen LogP contribution in [0.4, 0.5) is 0 Å². The smallest absolute Gasteiger partial charge is 0.137 e. The van der Waals surface area contributed by atoms with Crippen LogP contribution in [0.2, 0.25) is 0 Å². The summed E-state index contributed by atoms with van der Waals surface area (Å²) in [5.74, 6) is 0. The molecule has 1 fully saturated rings. The molecule has 0 aliphatic carbocycles. The molecular formula is C17H23N5. The second-order valence-corrected chi connectivity index (χ2v) is 5.61. The van der Waals surface area contributed by atoms with Crippen LogP contribution < -0.4 is 0 Å². The minimum atomic E-state index is 0.925. The zero-order chi connectivity index (χ0) is 15.0. The molecular weight excluding hydrogens is 274 g/mol. The van der Waals surface area contributed by atoms with Gasteiger partial charge in [-0.15, -0.1) is 0 Å². The van der Waals surface area contributed by atoms with Gasteiger partial charge in [-0.1, -0.05) is 42.5 Å². The highest BCUT2D eigenvalue weighted by atomic mass is 15.3. The van der Waals surface area contributed by atoms with Crippen molar-refractivity contribution in [3.63, 3.8) is 0 Å². The number of hydrogen-bond donors (Lipinski definition) is 0. The number of hydrogen-bond acceptors (Lipinski definition) is 4. The second kappa shape index (κ2) is 7.87.